The maximum atomic E-state index is 13.0. The molecule has 0 saturated carbocycles. The third kappa shape index (κ3) is 12.9. The molecule has 18 nitrogen and oxygen atoms in total. The molecule has 1 aliphatic rings. The van der Waals surface area contributed by atoms with E-state index in [0.717, 1.165) is 0 Å². The van der Waals surface area contributed by atoms with Crippen LogP contribution in [0.3, 0.4) is 0 Å². The van der Waals surface area contributed by atoms with Crippen molar-refractivity contribution in [3.8, 4) is 0 Å². The number of carbonyl (C=O) groups is 7. The van der Waals surface area contributed by atoms with E-state index < -0.39 is 84.1 Å². The van der Waals surface area contributed by atoms with Crippen molar-refractivity contribution in [2.24, 2.45) is 17.2 Å². The van der Waals surface area contributed by atoms with Gasteiger partial charge in [-0.2, -0.15) is 0 Å². The number of likely N-dealkylation sites (N-methyl/N-ethyl adjacent to an activating group) is 1. The smallest absolute Gasteiger partial charge is 0.243 e. The second kappa shape index (κ2) is 19.3. The summed E-state index contributed by atoms with van der Waals surface area (Å²) in [6.07, 6.45) is 0.281. The number of amides is 7. The minimum atomic E-state index is -1.14. The number of hydrogen-bond donors (Lipinski definition) is 11. The zero-order chi connectivity index (χ0) is 32.5. The largest absolute Gasteiger partial charge is 0.354 e. The van der Waals surface area contributed by atoms with Gasteiger partial charge in [0.25, 0.3) is 0 Å². The Labute approximate surface area is 250 Å². The van der Waals surface area contributed by atoms with Crippen LogP contribution in [0.2, 0.25) is 0 Å². The molecular weight excluding hydrogens is 566 g/mol. The molecule has 1 heterocycles. The molecule has 43 heavy (non-hydrogen) atoms. The average Bonchev–Trinajstić information content (AvgIpc) is 2.96. The van der Waals surface area contributed by atoms with Crippen LogP contribution in [0.15, 0.2) is 0 Å². The first kappa shape index (κ1) is 37.2. The Kier molecular flexibility index (Phi) is 16.7. The molecule has 244 valence electrons. The SMILES string of the molecule is CN[C@H]1CCNC(=O)[C@H](C)NC(=O)[C@H](CCN)NC(=O)[C@H](CCN)NC(=O)CNC(=O)[C@@H](C)NC(=O)[C@H](CCN)NC1=O. The molecule has 7 amide bonds. The number of rotatable bonds is 7. The van der Waals surface area contributed by atoms with Crippen LogP contribution in [-0.2, 0) is 33.6 Å². The third-order valence-corrected chi connectivity index (χ3v) is 6.61. The van der Waals surface area contributed by atoms with Gasteiger partial charge in [-0.3, -0.25) is 33.6 Å². The lowest BCUT2D eigenvalue weighted by Crippen LogP contribution is -2.57. The van der Waals surface area contributed by atoms with E-state index in [2.05, 4.69) is 42.5 Å². The highest BCUT2D eigenvalue weighted by Gasteiger charge is 2.30. The van der Waals surface area contributed by atoms with Crippen molar-refractivity contribution < 1.29 is 33.6 Å². The molecule has 1 rings (SSSR count). The van der Waals surface area contributed by atoms with Gasteiger partial charge in [0.1, 0.15) is 30.2 Å². The third-order valence-electron chi connectivity index (χ3n) is 6.61. The van der Waals surface area contributed by atoms with Crippen molar-refractivity contribution in [3.63, 3.8) is 0 Å². The fraction of sp³-hybridized carbons (Fsp3) is 0.720. The molecule has 0 spiro atoms. The Hall–Kier alpha value is -3.87. The predicted octanol–water partition coefficient (Wildman–Crippen LogP) is -6.28. The van der Waals surface area contributed by atoms with E-state index in [-0.39, 0.29) is 51.9 Å². The second-order valence-corrected chi connectivity index (χ2v) is 10.1. The first-order valence-corrected chi connectivity index (χ1v) is 14.2. The van der Waals surface area contributed by atoms with Crippen LogP contribution >= 0.6 is 0 Å². The van der Waals surface area contributed by atoms with E-state index in [1.807, 2.05) is 0 Å². The van der Waals surface area contributed by atoms with Crippen LogP contribution in [0.5, 0.6) is 0 Å². The molecule has 14 N–H and O–H groups in total. The quantitative estimate of drug-likeness (QED) is 0.128. The maximum Gasteiger partial charge on any atom is 0.243 e. The Morgan fingerprint density at radius 3 is 1.49 bits per heavy atom. The van der Waals surface area contributed by atoms with Crippen molar-refractivity contribution in [2.45, 2.75) is 75.8 Å². The van der Waals surface area contributed by atoms with Crippen LogP contribution in [0.25, 0.3) is 0 Å². The molecule has 0 bridgehead atoms. The Bertz CT molecular complexity index is 997. The van der Waals surface area contributed by atoms with Crippen LogP contribution in [-0.4, -0.2) is 117 Å². The molecule has 0 aromatic heterocycles. The van der Waals surface area contributed by atoms with E-state index in [4.69, 9.17) is 17.2 Å². The summed E-state index contributed by atoms with van der Waals surface area (Å²) < 4.78 is 0. The van der Waals surface area contributed by atoms with E-state index in [9.17, 15) is 33.6 Å². The molecule has 0 aromatic rings. The minimum absolute atomic E-state index is 0.0215. The van der Waals surface area contributed by atoms with Crippen LogP contribution in [0.1, 0.15) is 39.5 Å². The van der Waals surface area contributed by atoms with Gasteiger partial charge in [-0.15, -0.1) is 0 Å². The maximum absolute atomic E-state index is 13.0. The van der Waals surface area contributed by atoms with Gasteiger partial charge in [-0.05, 0) is 66.2 Å². The summed E-state index contributed by atoms with van der Waals surface area (Å²) >= 11 is 0. The average molecular weight is 614 g/mol. The summed E-state index contributed by atoms with van der Waals surface area (Å²) in [5, 5.41) is 20.4. The Morgan fingerprint density at radius 2 is 1.02 bits per heavy atom. The van der Waals surface area contributed by atoms with Crippen molar-refractivity contribution >= 4 is 41.4 Å². The standard InChI is InChI=1S/C25H47N11O7/c1-13-20(38)30-11-7-15(29-3)22(40)35-17(5-9-27)23(41)33-14(2)21(39)31-12-19(37)34-16(4-8-26)25(43)36-18(6-10-28)24(42)32-13/h13-18,29H,4-12,26-28H2,1-3H3,(H,30,38)(H,31,39)(H,32,42)(H,33,41)(H,34,37)(H,35,40)(H,36,43)/t13-,14+,15-,16-,17-,18-/m0/s1. The van der Waals surface area contributed by atoms with Crippen LogP contribution in [0, 0.1) is 0 Å². The first-order valence-electron chi connectivity index (χ1n) is 14.2. The summed E-state index contributed by atoms with van der Waals surface area (Å²) in [6.45, 7) is 2.47. The van der Waals surface area contributed by atoms with Gasteiger partial charge < -0.3 is 59.7 Å². The summed E-state index contributed by atoms with van der Waals surface area (Å²) in [4.78, 5) is 89.4. The van der Waals surface area contributed by atoms with E-state index >= 15 is 0 Å². The molecular formula is C25H47N11O7. The lowest BCUT2D eigenvalue weighted by molar-refractivity contribution is -0.134. The normalized spacial score (nSPS) is 27.9. The topological polar surface area (TPSA) is 294 Å². The molecule has 1 fully saturated rings. The summed E-state index contributed by atoms with van der Waals surface area (Å²) in [5.41, 5.74) is 16.8. The van der Waals surface area contributed by atoms with Crippen molar-refractivity contribution in [2.75, 3.05) is 39.8 Å². The molecule has 1 aliphatic heterocycles. The zero-order valence-corrected chi connectivity index (χ0v) is 24.9. The van der Waals surface area contributed by atoms with E-state index in [1.54, 1.807) is 0 Å². The summed E-state index contributed by atoms with van der Waals surface area (Å²) in [5.74, 6) is -4.55. The highest BCUT2D eigenvalue weighted by Crippen LogP contribution is 2.00. The summed E-state index contributed by atoms with van der Waals surface area (Å²) in [6, 6.07) is -6.21. The Balaban J connectivity index is 3.22. The lowest BCUT2D eigenvalue weighted by Gasteiger charge is -2.24. The van der Waals surface area contributed by atoms with Gasteiger partial charge in [-0.1, -0.05) is 0 Å². The fourth-order valence-electron chi connectivity index (χ4n) is 4.08. The lowest BCUT2D eigenvalue weighted by atomic mass is 10.1. The molecule has 1 saturated heterocycles. The van der Waals surface area contributed by atoms with Gasteiger partial charge in [0.15, 0.2) is 0 Å². The van der Waals surface area contributed by atoms with Crippen LogP contribution < -0.4 is 59.7 Å². The van der Waals surface area contributed by atoms with Gasteiger partial charge >= 0.3 is 0 Å². The zero-order valence-electron chi connectivity index (χ0n) is 24.9. The highest BCUT2D eigenvalue weighted by atomic mass is 16.2. The fourth-order valence-corrected chi connectivity index (χ4v) is 4.08. The molecule has 0 aromatic carbocycles. The number of nitrogens with two attached hydrogens (primary N) is 3. The van der Waals surface area contributed by atoms with Gasteiger partial charge in [-0.25, -0.2) is 0 Å². The number of nitrogens with one attached hydrogen (secondary N) is 8. The number of carbonyl (C=O) groups excluding carboxylic acids is 7. The van der Waals surface area contributed by atoms with Gasteiger partial charge in [0, 0.05) is 6.54 Å². The molecule has 0 aliphatic carbocycles. The minimum Gasteiger partial charge on any atom is -0.354 e. The molecule has 6 atom stereocenters. The first-order chi connectivity index (χ1) is 20.4. The van der Waals surface area contributed by atoms with E-state index in [1.165, 1.54) is 20.9 Å². The highest BCUT2D eigenvalue weighted by molar-refractivity contribution is 5.96. The monoisotopic (exact) mass is 613 g/mol. The van der Waals surface area contributed by atoms with Crippen molar-refractivity contribution in [1.29, 1.82) is 0 Å². The van der Waals surface area contributed by atoms with Crippen molar-refractivity contribution in [3.05, 3.63) is 0 Å². The molecule has 18 heteroatoms. The van der Waals surface area contributed by atoms with Gasteiger partial charge in [0.05, 0.1) is 12.6 Å². The van der Waals surface area contributed by atoms with E-state index in [0.29, 0.717) is 0 Å². The Morgan fingerprint density at radius 1 is 0.605 bits per heavy atom. The summed E-state index contributed by atoms with van der Waals surface area (Å²) in [7, 11) is 1.53. The van der Waals surface area contributed by atoms with Crippen LogP contribution in [0.4, 0.5) is 0 Å². The second-order valence-electron chi connectivity index (χ2n) is 10.1. The predicted molar refractivity (Wildman–Crippen MR) is 155 cm³/mol. The molecule has 0 radical (unpaired) electrons. The molecule has 0 unspecified atom stereocenters. The number of hydrogen-bond acceptors (Lipinski definition) is 11. The van der Waals surface area contributed by atoms with Gasteiger partial charge in [0.2, 0.25) is 41.4 Å². The van der Waals surface area contributed by atoms with Crippen molar-refractivity contribution in [1.82, 2.24) is 42.5 Å².